The molecular weight excluding hydrogens is 355 g/mol. The lowest BCUT2D eigenvalue weighted by atomic mass is 9.73. The fourth-order valence-corrected chi connectivity index (χ4v) is 3.65. The Kier molecular flexibility index (Phi) is 5.71. The van der Waals surface area contributed by atoms with Gasteiger partial charge in [0.1, 0.15) is 0 Å². The van der Waals surface area contributed by atoms with E-state index in [1.165, 1.54) is 0 Å². The zero-order valence-corrected chi connectivity index (χ0v) is 15.9. The van der Waals surface area contributed by atoms with Crippen LogP contribution in [0, 0.1) is 0 Å². The summed E-state index contributed by atoms with van der Waals surface area (Å²) in [5.74, 6) is 0. The zero-order chi connectivity index (χ0) is 20.1. The van der Waals surface area contributed by atoms with Crippen LogP contribution in [-0.2, 0) is 0 Å². The van der Waals surface area contributed by atoms with Crippen LogP contribution in [0.15, 0.2) is 115 Å². The Labute approximate surface area is 171 Å². The van der Waals surface area contributed by atoms with Crippen molar-refractivity contribution in [3.63, 3.8) is 0 Å². The van der Waals surface area contributed by atoms with Gasteiger partial charge < -0.3 is 10.0 Å². The molecule has 0 saturated carbocycles. The summed E-state index contributed by atoms with van der Waals surface area (Å²) in [6, 6.07) is 38.0. The van der Waals surface area contributed by atoms with Crippen molar-refractivity contribution in [2.24, 2.45) is 0 Å². The monoisotopic (exact) mass is 376 g/mol. The number of rotatable bonds is 5. The summed E-state index contributed by atoms with van der Waals surface area (Å²) in [6.07, 6.45) is 0. The van der Waals surface area contributed by atoms with Crippen LogP contribution in [0.2, 0.25) is 0 Å². The van der Waals surface area contributed by atoms with E-state index in [0.717, 1.165) is 33.4 Å². The Morgan fingerprint density at radius 2 is 0.828 bits per heavy atom. The van der Waals surface area contributed by atoms with E-state index in [4.69, 9.17) is 0 Å². The van der Waals surface area contributed by atoms with E-state index in [2.05, 4.69) is 36.4 Å². The average Bonchev–Trinajstić information content (AvgIpc) is 2.79. The highest BCUT2D eigenvalue weighted by molar-refractivity contribution is 6.60. The second-order valence-corrected chi connectivity index (χ2v) is 6.81. The summed E-state index contributed by atoms with van der Waals surface area (Å²) in [7, 11) is -1.56. The number of hydrogen-bond donors (Lipinski definition) is 2. The third kappa shape index (κ3) is 4.07. The van der Waals surface area contributed by atoms with Gasteiger partial charge >= 0.3 is 7.12 Å². The predicted molar refractivity (Wildman–Crippen MR) is 121 cm³/mol. The van der Waals surface area contributed by atoms with Gasteiger partial charge in [-0.2, -0.15) is 0 Å². The zero-order valence-electron chi connectivity index (χ0n) is 15.9. The Bertz CT molecular complexity index is 1060. The van der Waals surface area contributed by atoms with E-state index in [9.17, 15) is 10.0 Å². The molecule has 0 aromatic heterocycles. The van der Waals surface area contributed by atoms with Crippen LogP contribution in [0.4, 0.5) is 0 Å². The van der Waals surface area contributed by atoms with Crippen molar-refractivity contribution in [3.8, 4) is 0 Å². The first kappa shape index (κ1) is 18.9. The number of benzene rings is 4. The van der Waals surface area contributed by atoms with Gasteiger partial charge in [-0.15, -0.1) is 0 Å². The number of hydrogen-bond acceptors (Lipinski definition) is 2. The molecule has 0 bridgehead atoms. The first-order valence-corrected chi connectivity index (χ1v) is 9.61. The van der Waals surface area contributed by atoms with Gasteiger partial charge in [-0.1, -0.05) is 115 Å². The van der Waals surface area contributed by atoms with Gasteiger partial charge in [0.2, 0.25) is 0 Å². The SMILES string of the molecule is OB(O)c1ccccc1C(=C(c1ccccc1)c1ccccc1)c1ccccc1. The molecule has 0 unspecified atom stereocenters. The molecule has 4 rings (SSSR count). The topological polar surface area (TPSA) is 40.5 Å². The minimum Gasteiger partial charge on any atom is -0.423 e. The van der Waals surface area contributed by atoms with Crippen LogP contribution in [0.1, 0.15) is 22.3 Å². The predicted octanol–water partition coefficient (Wildman–Crippen LogP) is 4.37. The lowest BCUT2D eigenvalue weighted by molar-refractivity contribution is 0.425. The van der Waals surface area contributed by atoms with Crippen LogP contribution in [0.25, 0.3) is 11.1 Å². The maximum absolute atomic E-state index is 10.1. The summed E-state index contributed by atoms with van der Waals surface area (Å²) in [6.45, 7) is 0. The molecule has 0 heterocycles. The molecule has 4 aromatic rings. The third-order valence-electron chi connectivity index (χ3n) is 4.95. The van der Waals surface area contributed by atoms with Crippen LogP contribution in [-0.4, -0.2) is 17.2 Å². The van der Waals surface area contributed by atoms with Gasteiger partial charge in [-0.25, -0.2) is 0 Å². The third-order valence-corrected chi connectivity index (χ3v) is 4.95. The molecule has 0 amide bonds. The van der Waals surface area contributed by atoms with E-state index >= 15 is 0 Å². The lowest BCUT2D eigenvalue weighted by Crippen LogP contribution is -2.33. The molecule has 0 aliphatic carbocycles. The highest BCUT2D eigenvalue weighted by Gasteiger charge is 2.22. The molecule has 2 nitrogen and oxygen atoms in total. The van der Waals surface area contributed by atoms with Crippen molar-refractivity contribution in [2.75, 3.05) is 0 Å². The van der Waals surface area contributed by atoms with Crippen molar-refractivity contribution in [1.82, 2.24) is 0 Å². The van der Waals surface area contributed by atoms with Crippen LogP contribution < -0.4 is 5.46 Å². The second kappa shape index (κ2) is 8.74. The van der Waals surface area contributed by atoms with Gasteiger partial charge in [0.15, 0.2) is 0 Å². The summed E-state index contributed by atoms with van der Waals surface area (Å²) >= 11 is 0. The van der Waals surface area contributed by atoms with Crippen LogP contribution >= 0.6 is 0 Å². The molecule has 140 valence electrons. The molecule has 0 fully saturated rings. The Hall–Kier alpha value is -3.40. The summed E-state index contributed by atoms with van der Waals surface area (Å²) in [4.78, 5) is 0. The van der Waals surface area contributed by atoms with Crippen molar-refractivity contribution in [1.29, 1.82) is 0 Å². The minimum absolute atomic E-state index is 0.482. The Morgan fingerprint density at radius 3 is 1.28 bits per heavy atom. The normalized spacial score (nSPS) is 10.4. The molecule has 4 aromatic carbocycles. The largest absolute Gasteiger partial charge is 0.489 e. The molecule has 3 heteroatoms. The van der Waals surface area contributed by atoms with Gasteiger partial charge in [-0.05, 0) is 38.9 Å². The Morgan fingerprint density at radius 1 is 0.448 bits per heavy atom. The van der Waals surface area contributed by atoms with Gasteiger partial charge in [0.25, 0.3) is 0 Å². The van der Waals surface area contributed by atoms with E-state index in [-0.39, 0.29) is 0 Å². The van der Waals surface area contributed by atoms with Crippen molar-refractivity contribution < 1.29 is 10.0 Å². The minimum atomic E-state index is -1.56. The molecule has 0 saturated heterocycles. The van der Waals surface area contributed by atoms with Crippen LogP contribution in [0.5, 0.6) is 0 Å². The molecule has 29 heavy (non-hydrogen) atoms. The maximum atomic E-state index is 10.1. The quantitative estimate of drug-likeness (QED) is 0.401. The molecular formula is C26H21BO2. The van der Waals surface area contributed by atoms with Gasteiger partial charge in [0.05, 0.1) is 0 Å². The first-order chi connectivity index (χ1) is 14.3. The summed E-state index contributed by atoms with van der Waals surface area (Å²) in [5, 5.41) is 20.1. The molecule has 0 aliphatic heterocycles. The van der Waals surface area contributed by atoms with E-state index in [1.807, 2.05) is 72.8 Å². The van der Waals surface area contributed by atoms with E-state index in [0.29, 0.717) is 5.46 Å². The van der Waals surface area contributed by atoms with E-state index in [1.54, 1.807) is 6.07 Å². The highest BCUT2D eigenvalue weighted by Crippen LogP contribution is 2.36. The first-order valence-electron chi connectivity index (χ1n) is 9.61. The van der Waals surface area contributed by atoms with Crippen molar-refractivity contribution >= 4 is 23.7 Å². The lowest BCUT2D eigenvalue weighted by Gasteiger charge is -2.20. The second-order valence-electron chi connectivity index (χ2n) is 6.81. The molecule has 0 aliphatic rings. The fraction of sp³-hybridized carbons (Fsp3) is 0. The fourth-order valence-electron chi connectivity index (χ4n) is 3.65. The Balaban J connectivity index is 2.14. The smallest absolute Gasteiger partial charge is 0.423 e. The summed E-state index contributed by atoms with van der Waals surface area (Å²) < 4.78 is 0. The van der Waals surface area contributed by atoms with Gasteiger partial charge in [0, 0.05) is 0 Å². The highest BCUT2D eigenvalue weighted by atomic mass is 16.4. The molecule has 0 spiro atoms. The molecule has 2 N–H and O–H groups in total. The molecule has 0 radical (unpaired) electrons. The van der Waals surface area contributed by atoms with Crippen LogP contribution in [0.3, 0.4) is 0 Å². The van der Waals surface area contributed by atoms with Gasteiger partial charge in [-0.3, -0.25) is 0 Å². The maximum Gasteiger partial charge on any atom is 0.489 e. The van der Waals surface area contributed by atoms with Crippen molar-refractivity contribution in [2.45, 2.75) is 0 Å². The summed E-state index contributed by atoms with van der Waals surface area (Å²) in [5.41, 5.74) is 6.45. The molecule has 0 atom stereocenters. The van der Waals surface area contributed by atoms with Crippen molar-refractivity contribution in [3.05, 3.63) is 138 Å². The average molecular weight is 376 g/mol. The van der Waals surface area contributed by atoms with E-state index < -0.39 is 7.12 Å². The standard InChI is InChI=1S/C26H21BO2/c28-27(29)24-19-11-10-18-23(24)26(22-16-8-3-9-17-22)25(20-12-4-1-5-13-20)21-14-6-2-7-15-21/h1-19,28-29H.